The molecule has 42 heavy (non-hydrogen) atoms. The van der Waals surface area contributed by atoms with Crippen molar-refractivity contribution in [2.75, 3.05) is 13.1 Å². The molecule has 0 bridgehead atoms. The fourth-order valence-electron chi connectivity index (χ4n) is 5.10. The second-order valence-corrected chi connectivity index (χ2v) is 11.9. The molecule has 0 saturated heterocycles. The molecule has 0 aromatic rings. The Morgan fingerprint density at radius 1 is 0.500 bits per heavy atom. The van der Waals surface area contributed by atoms with Gasteiger partial charge < -0.3 is 21.1 Å². The standard InChI is InChI=1S/C34H65N3O5/c1-3-5-7-9-11-12-13-14-15-17-19-23-28-36-34(42)30(29-33(40)41)37-32(39)26-22-20-24-27-35-31(38)25-21-18-16-10-8-6-4-2/h30H,3-29H2,1-2H3,(H,35,38)(H,36,42)(H,37,39)(H,40,41)/t30-/m0/s1. The van der Waals surface area contributed by atoms with Gasteiger partial charge in [-0.25, -0.2) is 0 Å². The van der Waals surface area contributed by atoms with Crippen molar-refractivity contribution >= 4 is 23.7 Å². The minimum Gasteiger partial charge on any atom is -0.481 e. The van der Waals surface area contributed by atoms with Gasteiger partial charge in [-0.3, -0.25) is 19.2 Å². The van der Waals surface area contributed by atoms with Crippen LogP contribution in [-0.2, 0) is 19.2 Å². The zero-order valence-corrected chi connectivity index (χ0v) is 27.2. The maximum atomic E-state index is 12.5. The number of rotatable bonds is 31. The van der Waals surface area contributed by atoms with Crippen LogP contribution in [0.15, 0.2) is 0 Å². The predicted molar refractivity (Wildman–Crippen MR) is 172 cm³/mol. The van der Waals surface area contributed by atoms with Crippen LogP contribution in [0.4, 0.5) is 0 Å². The molecule has 0 aromatic carbocycles. The van der Waals surface area contributed by atoms with E-state index in [4.69, 9.17) is 0 Å². The minimum absolute atomic E-state index is 0.0901. The summed E-state index contributed by atoms with van der Waals surface area (Å²) in [6.45, 7) is 5.54. The maximum Gasteiger partial charge on any atom is 0.305 e. The van der Waals surface area contributed by atoms with Crippen LogP contribution in [0.5, 0.6) is 0 Å². The Kier molecular flexibility index (Phi) is 28.8. The van der Waals surface area contributed by atoms with Crippen molar-refractivity contribution < 1.29 is 24.3 Å². The first kappa shape index (κ1) is 39.9. The lowest BCUT2D eigenvalue weighted by molar-refractivity contribution is -0.140. The molecule has 4 N–H and O–H groups in total. The molecule has 0 spiro atoms. The average molecular weight is 596 g/mol. The van der Waals surface area contributed by atoms with Crippen molar-refractivity contribution in [2.24, 2.45) is 0 Å². The zero-order valence-electron chi connectivity index (χ0n) is 27.2. The van der Waals surface area contributed by atoms with Gasteiger partial charge in [-0.2, -0.15) is 0 Å². The molecular formula is C34H65N3O5. The van der Waals surface area contributed by atoms with Crippen LogP contribution in [-0.4, -0.2) is 47.9 Å². The number of hydrogen-bond acceptors (Lipinski definition) is 4. The van der Waals surface area contributed by atoms with Gasteiger partial charge in [0.25, 0.3) is 0 Å². The summed E-state index contributed by atoms with van der Waals surface area (Å²) in [5, 5.41) is 17.5. The second-order valence-electron chi connectivity index (χ2n) is 11.9. The molecule has 0 aromatic heterocycles. The van der Waals surface area contributed by atoms with E-state index in [1.165, 1.54) is 89.9 Å². The van der Waals surface area contributed by atoms with Crippen LogP contribution >= 0.6 is 0 Å². The zero-order chi connectivity index (χ0) is 31.1. The van der Waals surface area contributed by atoms with E-state index in [0.717, 1.165) is 44.9 Å². The monoisotopic (exact) mass is 595 g/mol. The lowest BCUT2D eigenvalue weighted by atomic mass is 10.1. The summed E-state index contributed by atoms with van der Waals surface area (Å²) in [4.78, 5) is 48.0. The Morgan fingerprint density at radius 3 is 1.36 bits per heavy atom. The van der Waals surface area contributed by atoms with Gasteiger partial charge in [-0.1, -0.05) is 129 Å². The third-order valence-electron chi connectivity index (χ3n) is 7.77. The molecule has 1 atom stereocenters. The van der Waals surface area contributed by atoms with Crippen LogP contribution in [0.1, 0.15) is 174 Å². The summed E-state index contributed by atoms with van der Waals surface area (Å²) in [7, 11) is 0. The van der Waals surface area contributed by atoms with E-state index in [0.29, 0.717) is 25.9 Å². The molecule has 8 nitrogen and oxygen atoms in total. The lowest BCUT2D eigenvalue weighted by Crippen LogP contribution is -2.48. The smallest absolute Gasteiger partial charge is 0.305 e. The molecular weight excluding hydrogens is 530 g/mol. The summed E-state index contributed by atoms with van der Waals surface area (Å²) >= 11 is 0. The summed E-state index contributed by atoms with van der Waals surface area (Å²) in [5.74, 6) is -1.78. The molecule has 0 radical (unpaired) electrons. The number of nitrogens with one attached hydrogen (secondary N) is 3. The van der Waals surface area contributed by atoms with E-state index in [-0.39, 0.29) is 18.2 Å². The first-order valence-corrected chi connectivity index (χ1v) is 17.5. The second kappa shape index (κ2) is 30.3. The van der Waals surface area contributed by atoms with E-state index in [1.54, 1.807) is 0 Å². The average Bonchev–Trinajstić information content (AvgIpc) is 2.96. The van der Waals surface area contributed by atoms with Crippen molar-refractivity contribution in [3.05, 3.63) is 0 Å². The highest BCUT2D eigenvalue weighted by molar-refractivity contribution is 5.90. The molecule has 0 heterocycles. The summed E-state index contributed by atoms with van der Waals surface area (Å²) < 4.78 is 0. The fraction of sp³-hybridized carbons (Fsp3) is 0.882. The van der Waals surface area contributed by atoms with E-state index in [2.05, 4.69) is 29.8 Å². The molecule has 0 aliphatic rings. The molecule has 246 valence electrons. The number of carboxylic acid groups (broad SMARTS) is 1. The molecule has 0 rings (SSSR count). The van der Waals surface area contributed by atoms with Gasteiger partial charge in [0.05, 0.1) is 6.42 Å². The number of hydrogen-bond donors (Lipinski definition) is 4. The van der Waals surface area contributed by atoms with Gasteiger partial charge in [0.15, 0.2) is 0 Å². The Hall–Kier alpha value is -2.12. The third-order valence-corrected chi connectivity index (χ3v) is 7.77. The SMILES string of the molecule is CCCCCCCCCCCCCCNC(=O)[C@H](CC(=O)O)NC(=O)CCCCCNC(=O)CCCCCCCCC. The van der Waals surface area contributed by atoms with Gasteiger partial charge in [0.1, 0.15) is 6.04 Å². The van der Waals surface area contributed by atoms with Crippen LogP contribution < -0.4 is 16.0 Å². The molecule has 0 aliphatic heterocycles. The Labute approximate surface area is 257 Å². The number of aliphatic carboxylic acids is 1. The summed E-state index contributed by atoms with van der Waals surface area (Å²) in [6.07, 6.45) is 25.7. The van der Waals surface area contributed by atoms with Crippen LogP contribution in [0.25, 0.3) is 0 Å². The maximum absolute atomic E-state index is 12.5. The molecule has 0 unspecified atom stereocenters. The van der Waals surface area contributed by atoms with E-state index >= 15 is 0 Å². The van der Waals surface area contributed by atoms with Crippen molar-refractivity contribution in [3.8, 4) is 0 Å². The molecule has 0 saturated carbocycles. The topological polar surface area (TPSA) is 125 Å². The molecule has 0 fully saturated rings. The quantitative estimate of drug-likeness (QED) is 0.0615. The summed E-state index contributed by atoms with van der Waals surface area (Å²) in [6, 6.07) is -1.06. The van der Waals surface area contributed by atoms with Gasteiger partial charge in [-0.05, 0) is 25.7 Å². The Morgan fingerprint density at radius 2 is 0.881 bits per heavy atom. The minimum atomic E-state index is -1.12. The van der Waals surface area contributed by atoms with Crippen LogP contribution in [0, 0.1) is 0 Å². The van der Waals surface area contributed by atoms with Crippen LogP contribution in [0.2, 0.25) is 0 Å². The molecule has 8 heteroatoms. The first-order valence-electron chi connectivity index (χ1n) is 17.5. The van der Waals surface area contributed by atoms with Crippen molar-refractivity contribution in [1.29, 1.82) is 0 Å². The number of amides is 3. The number of unbranched alkanes of at least 4 members (excludes halogenated alkanes) is 19. The molecule has 0 aliphatic carbocycles. The Balaban J connectivity index is 3.87. The van der Waals surface area contributed by atoms with Crippen LogP contribution in [0.3, 0.4) is 0 Å². The fourth-order valence-corrected chi connectivity index (χ4v) is 5.10. The third kappa shape index (κ3) is 28.0. The molecule has 3 amide bonds. The highest BCUT2D eigenvalue weighted by atomic mass is 16.4. The highest BCUT2D eigenvalue weighted by Gasteiger charge is 2.23. The number of carboxylic acids is 1. The van der Waals surface area contributed by atoms with Gasteiger partial charge in [0.2, 0.25) is 17.7 Å². The highest BCUT2D eigenvalue weighted by Crippen LogP contribution is 2.12. The van der Waals surface area contributed by atoms with Gasteiger partial charge >= 0.3 is 5.97 Å². The Bertz CT molecular complexity index is 686. The van der Waals surface area contributed by atoms with E-state index < -0.39 is 24.3 Å². The van der Waals surface area contributed by atoms with E-state index in [1.807, 2.05) is 0 Å². The first-order chi connectivity index (χ1) is 20.4. The summed E-state index contributed by atoms with van der Waals surface area (Å²) in [5.41, 5.74) is 0. The number of carbonyl (C=O) groups is 4. The van der Waals surface area contributed by atoms with Crippen molar-refractivity contribution in [3.63, 3.8) is 0 Å². The van der Waals surface area contributed by atoms with E-state index in [9.17, 15) is 24.3 Å². The normalized spacial score (nSPS) is 11.7. The number of carbonyl (C=O) groups excluding carboxylic acids is 3. The van der Waals surface area contributed by atoms with Gasteiger partial charge in [-0.15, -0.1) is 0 Å². The lowest BCUT2D eigenvalue weighted by Gasteiger charge is -2.17. The van der Waals surface area contributed by atoms with Crippen molar-refractivity contribution in [1.82, 2.24) is 16.0 Å². The van der Waals surface area contributed by atoms with Crippen molar-refractivity contribution in [2.45, 2.75) is 180 Å². The predicted octanol–water partition coefficient (Wildman–Crippen LogP) is 7.58. The largest absolute Gasteiger partial charge is 0.481 e. The van der Waals surface area contributed by atoms with Gasteiger partial charge in [0, 0.05) is 25.9 Å².